The van der Waals surface area contributed by atoms with Gasteiger partial charge in [0.1, 0.15) is 0 Å². The number of sulfone groups is 1. The summed E-state index contributed by atoms with van der Waals surface area (Å²) in [6, 6.07) is 4.97. The van der Waals surface area contributed by atoms with E-state index in [0.717, 1.165) is 22.9 Å². The molecule has 168 valence electrons. The van der Waals surface area contributed by atoms with Gasteiger partial charge in [0.15, 0.2) is 15.5 Å². The molecule has 11 heteroatoms. The topological polar surface area (TPSA) is 89.3 Å². The summed E-state index contributed by atoms with van der Waals surface area (Å²) in [5, 5.41) is 4.07. The molecule has 1 aliphatic rings. The number of benzene rings is 1. The first-order valence-corrected chi connectivity index (χ1v) is 11.5. The average molecular weight is 457 g/mol. The van der Waals surface area contributed by atoms with E-state index in [4.69, 9.17) is 0 Å². The number of nitrogens with zero attached hydrogens (tertiary/aromatic N) is 3. The summed E-state index contributed by atoms with van der Waals surface area (Å²) in [6.07, 6.45) is -3.76. The Bertz CT molecular complexity index is 1160. The SMILES string of the molecule is CCCN(C(=O)c1nn(-c2cccc(C(F)(F)F)c2)c(C)cc1=O)[C@H]1CCS(=O)(=O)C1. The lowest BCUT2D eigenvalue weighted by molar-refractivity contribution is -0.137. The quantitative estimate of drug-likeness (QED) is 0.689. The maximum absolute atomic E-state index is 13.1. The van der Waals surface area contributed by atoms with Crippen molar-refractivity contribution in [3.8, 4) is 5.69 Å². The molecule has 0 aliphatic carbocycles. The number of carbonyl (C=O) groups excluding carboxylic acids is 1. The van der Waals surface area contributed by atoms with E-state index in [9.17, 15) is 31.2 Å². The van der Waals surface area contributed by atoms with Crippen LogP contribution in [0.25, 0.3) is 5.69 Å². The van der Waals surface area contributed by atoms with E-state index in [1.54, 1.807) is 0 Å². The molecule has 0 radical (unpaired) electrons. The first-order chi connectivity index (χ1) is 14.4. The summed E-state index contributed by atoms with van der Waals surface area (Å²) in [5.41, 5.74) is -1.71. The highest BCUT2D eigenvalue weighted by molar-refractivity contribution is 7.91. The Kier molecular flexibility index (Phi) is 6.26. The van der Waals surface area contributed by atoms with Crippen LogP contribution in [0.2, 0.25) is 0 Å². The monoisotopic (exact) mass is 457 g/mol. The summed E-state index contributed by atoms with van der Waals surface area (Å²) in [7, 11) is -3.27. The van der Waals surface area contributed by atoms with Crippen molar-refractivity contribution in [1.29, 1.82) is 0 Å². The molecule has 2 heterocycles. The number of hydrogen-bond acceptors (Lipinski definition) is 5. The van der Waals surface area contributed by atoms with Crippen LogP contribution in [-0.2, 0) is 16.0 Å². The summed E-state index contributed by atoms with van der Waals surface area (Å²) in [4.78, 5) is 27.0. The number of aryl methyl sites for hydroxylation is 1. The second kappa shape index (κ2) is 8.45. The van der Waals surface area contributed by atoms with Crippen LogP contribution in [0.4, 0.5) is 13.2 Å². The highest BCUT2D eigenvalue weighted by atomic mass is 32.2. The highest BCUT2D eigenvalue weighted by Crippen LogP contribution is 2.30. The third-order valence-corrected chi connectivity index (χ3v) is 6.85. The first kappa shape index (κ1) is 23.0. The maximum atomic E-state index is 13.1. The number of hydrogen-bond donors (Lipinski definition) is 0. The third-order valence-electron chi connectivity index (χ3n) is 5.10. The van der Waals surface area contributed by atoms with Crippen LogP contribution < -0.4 is 5.43 Å². The number of aromatic nitrogens is 2. The smallest absolute Gasteiger partial charge is 0.333 e. The zero-order valence-corrected chi connectivity index (χ0v) is 17.8. The Labute approximate surface area is 177 Å². The van der Waals surface area contributed by atoms with Crippen molar-refractivity contribution in [2.45, 2.75) is 38.9 Å². The van der Waals surface area contributed by atoms with Gasteiger partial charge in [0.2, 0.25) is 5.43 Å². The van der Waals surface area contributed by atoms with Gasteiger partial charge in [-0.15, -0.1) is 0 Å². The van der Waals surface area contributed by atoms with E-state index >= 15 is 0 Å². The van der Waals surface area contributed by atoms with E-state index in [2.05, 4.69) is 5.10 Å². The fourth-order valence-corrected chi connectivity index (χ4v) is 5.35. The molecule has 1 amide bonds. The van der Waals surface area contributed by atoms with Gasteiger partial charge in [0.25, 0.3) is 5.91 Å². The van der Waals surface area contributed by atoms with Gasteiger partial charge in [-0.2, -0.15) is 18.3 Å². The lowest BCUT2D eigenvalue weighted by Crippen LogP contribution is -2.44. The van der Waals surface area contributed by atoms with Gasteiger partial charge in [-0.1, -0.05) is 13.0 Å². The molecule has 0 saturated carbocycles. The molecule has 0 bridgehead atoms. The van der Waals surface area contributed by atoms with Crippen molar-refractivity contribution >= 4 is 15.7 Å². The second-order valence-electron chi connectivity index (χ2n) is 7.51. The molecule has 1 atom stereocenters. The zero-order chi connectivity index (χ0) is 23.0. The standard InChI is InChI=1S/C20H22F3N3O4S/c1-3-8-25(16-7-9-31(29,30)12-16)19(28)18-17(27)10-13(2)26(24-18)15-6-4-5-14(11-15)20(21,22)23/h4-6,10-11,16H,3,7-9,12H2,1-2H3/t16-/m0/s1. The Morgan fingerprint density at radius 3 is 2.58 bits per heavy atom. The summed E-state index contributed by atoms with van der Waals surface area (Å²) >= 11 is 0. The van der Waals surface area contributed by atoms with Crippen LogP contribution >= 0.6 is 0 Å². The molecule has 1 saturated heterocycles. The molecule has 3 rings (SSSR count). The molecule has 1 aliphatic heterocycles. The van der Waals surface area contributed by atoms with Gasteiger partial charge in [-0.3, -0.25) is 9.59 Å². The highest BCUT2D eigenvalue weighted by Gasteiger charge is 2.36. The van der Waals surface area contributed by atoms with E-state index in [0.29, 0.717) is 6.42 Å². The van der Waals surface area contributed by atoms with Gasteiger partial charge >= 0.3 is 6.18 Å². The summed E-state index contributed by atoms with van der Waals surface area (Å²) in [5.74, 6) is -0.956. The van der Waals surface area contributed by atoms with E-state index < -0.39 is 44.6 Å². The predicted molar refractivity (Wildman–Crippen MR) is 108 cm³/mol. The molecule has 1 aromatic carbocycles. The summed E-state index contributed by atoms with van der Waals surface area (Å²) in [6.45, 7) is 3.54. The molecule has 0 N–H and O–H groups in total. The van der Waals surface area contributed by atoms with Crippen LogP contribution in [-0.4, -0.2) is 53.1 Å². The van der Waals surface area contributed by atoms with Gasteiger partial charge in [0, 0.05) is 24.3 Å². The molecule has 1 fully saturated rings. The Balaban J connectivity index is 2.04. The van der Waals surface area contributed by atoms with Crippen molar-refractivity contribution in [1.82, 2.24) is 14.7 Å². The van der Waals surface area contributed by atoms with Crippen molar-refractivity contribution in [2.24, 2.45) is 0 Å². The van der Waals surface area contributed by atoms with Crippen molar-refractivity contribution in [2.75, 3.05) is 18.1 Å². The predicted octanol–water partition coefficient (Wildman–Crippen LogP) is 2.60. The number of amides is 1. The van der Waals surface area contributed by atoms with Gasteiger partial charge in [-0.05, 0) is 38.0 Å². The lowest BCUT2D eigenvalue weighted by Gasteiger charge is -2.27. The number of alkyl halides is 3. The Morgan fingerprint density at radius 2 is 2.00 bits per heavy atom. The average Bonchev–Trinajstić information content (AvgIpc) is 3.04. The van der Waals surface area contributed by atoms with E-state index in [1.165, 1.54) is 24.0 Å². The minimum absolute atomic E-state index is 0.0407. The molecule has 0 spiro atoms. The first-order valence-electron chi connectivity index (χ1n) is 9.73. The Morgan fingerprint density at radius 1 is 1.29 bits per heavy atom. The van der Waals surface area contributed by atoms with Crippen LogP contribution in [0.15, 0.2) is 35.1 Å². The van der Waals surface area contributed by atoms with E-state index in [1.807, 2.05) is 6.92 Å². The lowest BCUT2D eigenvalue weighted by atomic mass is 10.1. The molecule has 31 heavy (non-hydrogen) atoms. The summed E-state index contributed by atoms with van der Waals surface area (Å²) < 4.78 is 64.1. The maximum Gasteiger partial charge on any atom is 0.416 e. The molecule has 7 nitrogen and oxygen atoms in total. The fourth-order valence-electron chi connectivity index (χ4n) is 3.62. The third kappa shape index (κ3) is 4.97. The normalized spacial score (nSPS) is 18.2. The number of rotatable bonds is 5. The molecular formula is C20H22F3N3O4S. The minimum atomic E-state index is -4.56. The molecule has 1 aromatic heterocycles. The minimum Gasteiger partial charge on any atom is -0.333 e. The van der Waals surface area contributed by atoms with Crippen LogP contribution in [0, 0.1) is 6.92 Å². The van der Waals surface area contributed by atoms with Gasteiger partial charge in [0.05, 0.1) is 22.8 Å². The zero-order valence-electron chi connectivity index (χ0n) is 17.0. The van der Waals surface area contributed by atoms with Gasteiger partial charge in [-0.25, -0.2) is 13.1 Å². The van der Waals surface area contributed by atoms with Gasteiger partial charge < -0.3 is 4.90 Å². The molecule has 0 unspecified atom stereocenters. The fraction of sp³-hybridized carbons (Fsp3) is 0.450. The Hall–Kier alpha value is -2.69. The molecular weight excluding hydrogens is 435 g/mol. The number of halogens is 3. The van der Waals surface area contributed by atoms with Crippen molar-refractivity contribution in [3.63, 3.8) is 0 Å². The van der Waals surface area contributed by atoms with Crippen molar-refractivity contribution in [3.05, 3.63) is 57.5 Å². The van der Waals surface area contributed by atoms with E-state index in [-0.39, 0.29) is 35.9 Å². The number of carbonyl (C=O) groups is 1. The van der Waals surface area contributed by atoms with Crippen molar-refractivity contribution < 1.29 is 26.4 Å². The van der Waals surface area contributed by atoms with Crippen LogP contribution in [0.5, 0.6) is 0 Å². The van der Waals surface area contributed by atoms with Crippen LogP contribution in [0.1, 0.15) is 41.5 Å². The second-order valence-corrected chi connectivity index (χ2v) is 9.74. The van der Waals surface area contributed by atoms with Crippen LogP contribution in [0.3, 0.4) is 0 Å². The molecule has 2 aromatic rings. The largest absolute Gasteiger partial charge is 0.416 e.